The van der Waals surface area contributed by atoms with Gasteiger partial charge in [0, 0.05) is 0 Å². The Bertz CT molecular complexity index is 312. The first-order valence-corrected chi connectivity index (χ1v) is 5.24. The Morgan fingerprint density at radius 3 is 3.00 bits per heavy atom. The fourth-order valence-electron chi connectivity index (χ4n) is 2.40. The van der Waals surface area contributed by atoms with E-state index in [0.717, 1.165) is 25.5 Å². The van der Waals surface area contributed by atoms with Gasteiger partial charge in [-0.15, -0.1) is 0 Å². The molecule has 0 saturated carbocycles. The molecular formula is C10H14N2O3. The maximum absolute atomic E-state index is 11.1. The summed E-state index contributed by atoms with van der Waals surface area (Å²) in [6, 6.07) is 0. The van der Waals surface area contributed by atoms with E-state index >= 15 is 0 Å². The minimum Gasteiger partial charge on any atom is -0.451 e. The number of hydrogen-bond acceptors (Lipinski definition) is 3. The van der Waals surface area contributed by atoms with E-state index in [1.165, 1.54) is 0 Å². The van der Waals surface area contributed by atoms with E-state index in [2.05, 4.69) is 11.7 Å². The molecule has 0 radical (unpaired) electrons. The van der Waals surface area contributed by atoms with Crippen LogP contribution in [-0.2, 0) is 14.3 Å². The Kier molecular flexibility index (Phi) is 2.84. The van der Waals surface area contributed by atoms with E-state index in [-0.39, 0.29) is 12.2 Å². The van der Waals surface area contributed by atoms with E-state index in [9.17, 15) is 4.79 Å². The fourth-order valence-corrected chi connectivity index (χ4v) is 2.40. The van der Waals surface area contributed by atoms with Crippen LogP contribution in [0, 0.1) is 5.92 Å². The van der Waals surface area contributed by atoms with Crippen LogP contribution < -0.4 is 0 Å². The Morgan fingerprint density at radius 1 is 1.53 bits per heavy atom. The molecule has 15 heavy (non-hydrogen) atoms. The van der Waals surface area contributed by atoms with Crippen LogP contribution in [0.3, 0.4) is 0 Å². The second-order valence-corrected chi connectivity index (χ2v) is 4.22. The Labute approximate surface area is 88.0 Å². The highest BCUT2D eigenvalue weighted by atomic mass is 16.6. The summed E-state index contributed by atoms with van der Waals surface area (Å²) in [7, 11) is 0. The molecule has 82 valence electrons. The van der Waals surface area contributed by atoms with Gasteiger partial charge >= 0.3 is 12.2 Å². The average Bonchev–Trinajstić information content (AvgIpc) is 2.60. The van der Waals surface area contributed by atoms with Gasteiger partial charge in [0.25, 0.3) is 0 Å². The quantitative estimate of drug-likeness (QED) is 0.293. The maximum Gasteiger partial charge on any atom is 0.413 e. The number of carbonyl (C=O) groups excluding carboxylic acids is 1. The highest BCUT2D eigenvalue weighted by Gasteiger charge is 2.42. The molecule has 0 unspecified atom stereocenters. The molecule has 2 rings (SSSR count). The van der Waals surface area contributed by atoms with Gasteiger partial charge < -0.3 is 15.0 Å². The first kappa shape index (κ1) is 10.3. The van der Waals surface area contributed by atoms with Crippen LogP contribution in [0.5, 0.6) is 0 Å². The van der Waals surface area contributed by atoms with Crippen LogP contribution in [0.4, 0.5) is 0 Å². The molecule has 0 aromatic carbocycles. The second-order valence-electron chi connectivity index (χ2n) is 4.22. The molecule has 2 aliphatic heterocycles. The topological polar surface area (TPSA) is 71.9 Å². The SMILES string of the molecule is C[C@H]1C[C@@H](OC(=O)C=[N+]=[N-])[C@@H]2CC[C@H]1O2. The molecule has 2 fully saturated rings. The summed E-state index contributed by atoms with van der Waals surface area (Å²) in [6.45, 7) is 2.10. The minimum atomic E-state index is -0.608. The third kappa shape index (κ3) is 2.08. The molecule has 0 N–H and O–H groups in total. The standard InChI is InChI=1S/C10H14N2O3/c1-6-4-9(15-10(13)5-12-11)8-3-2-7(6)14-8/h5-9H,2-4H2,1H3/t6-,7+,8-,9+/m0/s1. The van der Waals surface area contributed by atoms with Crippen LogP contribution in [0.2, 0.25) is 0 Å². The second kappa shape index (κ2) is 4.13. The number of hydrogen-bond donors (Lipinski definition) is 0. The van der Waals surface area contributed by atoms with Gasteiger partial charge in [0.05, 0.1) is 12.2 Å². The first-order chi connectivity index (χ1) is 7.20. The molecule has 0 aliphatic carbocycles. The molecule has 2 bridgehead atoms. The average molecular weight is 210 g/mol. The first-order valence-electron chi connectivity index (χ1n) is 5.24. The van der Waals surface area contributed by atoms with Crippen LogP contribution in [-0.4, -0.2) is 35.3 Å². The van der Waals surface area contributed by atoms with Crippen molar-refractivity contribution in [2.24, 2.45) is 5.92 Å². The smallest absolute Gasteiger partial charge is 0.413 e. The molecule has 0 aromatic heterocycles. The molecule has 0 spiro atoms. The Balaban J connectivity index is 1.97. The molecule has 4 atom stereocenters. The molecule has 0 aromatic rings. The lowest BCUT2D eigenvalue weighted by Gasteiger charge is -2.32. The van der Waals surface area contributed by atoms with Crippen molar-refractivity contribution in [1.82, 2.24) is 0 Å². The zero-order valence-corrected chi connectivity index (χ0v) is 8.63. The van der Waals surface area contributed by atoms with Crippen molar-refractivity contribution < 1.29 is 19.1 Å². The zero-order valence-electron chi connectivity index (χ0n) is 8.63. The third-order valence-electron chi connectivity index (χ3n) is 3.17. The van der Waals surface area contributed by atoms with Crippen molar-refractivity contribution in [2.75, 3.05) is 0 Å². The predicted molar refractivity (Wildman–Crippen MR) is 51.2 cm³/mol. The molecule has 2 aliphatic rings. The summed E-state index contributed by atoms with van der Waals surface area (Å²) in [6.07, 6.45) is 3.77. The van der Waals surface area contributed by atoms with Crippen LogP contribution >= 0.6 is 0 Å². The summed E-state index contributed by atoms with van der Waals surface area (Å²) in [5.74, 6) is -0.184. The Morgan fingerprint density at radius 2 is 2.27 bits per heavy atom. The molecule has 2 saturated heterocycles. The van der Waals surface area contributed by atoms with Crippen molar-refractivity contribution in [3.05, 3.63) is 5.53 Å². The number of carbonyl (C=O) groups is 1. The number of esters is 1. The van der Waals surface area contributed by atoms with Crippen LogP contribution in [0.1, 0.15) is 26.2 Å². The summed E-state index contributed by atoms with van der Waals surface area (Å²) in [5, 5.41) is 0. The minimum absolute atomic E-state index is 0.0299. The molecule has 2 heterocycles. The maximum atomic E-state index is 11.1. The van der Waals surface area contributed by atoms with Crippen molar-refractivity contribution in [1.29, 1.82) is 0 Å². The van der Waals surface area contributed by atoms with Crippen molar-refractivity contribution in [3.63, 3.8) is 0 Å². The summed E-state index contributed by atoms with van der Waals surface area (Å²) >= 11 is 0. The number of fused-ring (bicyclic) bond motifs is 2. The van der Waals surface area contributed by atoms with E-state index in [1.54, 1.807) is 0 Å². The number of ether oxygens (including phenoxy) is 2. The van der Waals surface area contributed by atoms with Crippen LogP contribution in [0.25, 0.3) is 5.53 Å². The molecule has 0 amide bonds. The molecule has 5 nitrogen and oxygen atoms in total. The lowest BCUT2D eigenvalue weighted by atomic mass is 9.96. The van der Waals surface area contributed by atoms with E-state index in [1.807, 2.05) is 0 Å². The summed E-state index contributed by atoms with van der Waals surface area (Å²) in [5.41, 5.74) is 8.19. The van der Waals surface area contributed by atoms with E-state index in [0.29, 0.717) is 12.0 Å². The van der Waals surface area contributed by atoms with Gasteiger partial charge in [0.15, 0.2) is 0 Å². The molecule has 5 heteroatoms. The van der Waals surface area contributed by atoms with Crippen molar-refractivity contribution >= 4 is 12.2 Å². The van der Waals surface area contributed by atoms with Crippen LogP contribution in [0.15, 0.2) is 0 Å². The largest absolute Gasteiger partial charge is 0.451 e. The molecular weight excluding hydrogens is 196 g/mol. The number of rotatable bonds is 2. The normalized spacial score (nSPS) is 38.2. The highest BCUT2D eigenvalue weighted by molar-refractivity contribution is 6.20. The van der Waals surface area contributed by atoms with Gasteiger partial charge in [-0.1, -0.05) is 6.92 Å². The van der Waals surface area contributed by atoms with Gasteiger partial charge in [-0.25, -0.2) is 4.79 Å². The number of nitrogens with zero attached hydrogens (tertiary/aromatic N) is 2. The predicted octanol–water partition coefficient (Wildman–Crippen LogP) is 0.786. The zero-order chi connectivity index (χ0) is 10.8. The lowest BCUT2D eigenvalue weighted by molar-refractivity contribution is -0.162. The van der Waals surface area contributed by atoms with Gasteiger partial charge in [-0.05, 0) is 25.2 Å². The Hall–Kier alpha value is -1.19. The lowest BCUT2D eigenvalue weighted by Crippen LogP contribution is -2.40. The van der Waals surface area contributed by atoms with Gasteiger partial charge in [0.2, 0.25) is 0 Å². The summed E-state index contributed by atoms with van der Waals surface area (Å²) in [4.78, 5) is 13.7. The summed E-state index contributed by atoms with van der Waals surface area (Å²) < 4.78 is 10.9. The van der Waals surface area contributed by atoms with Gasteiger partial charge in [0.1, 0.15) is 6.10 Å². The van der Waals surface area contributed by atoms with Crippen molar-refractivity contribution in [2.45, 2.75) is 44.5 Å². The van der Waals surface area contributed by atoms with Gasteiger partial charge in [-0.3, -0.25) is 0 Å². The van der Waals surface area contributed by atoms with E-state index < -0.39 is 5.97 Å². The monoisotopic (exact) mass is 210 g/mol. The third-order valence-corrected chi connectivity index (χ3v) is 3.17. The fraction of sp³-hybridized carbons (Fsp3) is 0.800. The highest BCUT2D eigenvalue weighted by Crippen LogP contribution is 2.37. The van der Waals surface area contributed by atoms with Gasteiger partial charge in [-0.2, -0.15) is 4.79 Å². The van der Waals surface area contributed by atoms with Crippen molar-refractivity contribution in [3.8, 4) is 0 Å². The van der Waals surface area contributed by atoms with E-state index in [4.69, 9.17) is 15.0 Å².